The molecule has 2 aliphatic rings. The van der Waals surface area contributed by atoms with Gasteiger partial charge in [-0.2, -0.15) is 0 Å². The van der Waals surface area contributed by atoms with Crippen molar-refractivity contribution in [2.45, 2.75) is 24.4 Å². The molecule has 196 valence electrons. The Morgan fingerprint density at radius 3 is 2.47 bits per heavy atom. The molecule has 0 saturated carbocycles. The first-order valence-electron chi connectivity index (χ1n) is 12.3. The highest BCUT2D eigenvalue weighted by atomic mass is 19.1. The minimum absolute atomic E-state index is 0.00692. The highest BCUT2D eigenvalue weighted by Gasteiger charge is 2.48. The molecule has 6 rings (SSSR count). The number of benzene rings is 2. The van der Waals surface area contributed by atoms with Crippen LogP contribution in [0.25, 0.3) is 33.4 Å². The lowest BCUT2D eigenvalue weighted by Gasteiger charge is -2.16. The summed E-state index contributed by atoms with van der Waals surface area (Å²) in [6, 6.07) is 18.0. The Hall–Kier alpha value is -3.83. The lowest BCUT2D eigenvalue weighted by atomic mass is 10.0. The third-order valence-electron chi connectivity index (χ3n) is 6.73. The van der Waals surface area contributed by atoms with Gasteiger partial charge in [0.1, 0.15) is 30.6 Å². The summed E-state index contributed by atoms with van der Waals surface area (Å²) in [6.07, 6.45) is -1.78. The van der Waals surface area contributed by atoms with E-state index in [2.05, 4.69) is 15.3 Å². The molecule has 2 aromatic carbocycles. The number of hydrogen-bond donors (Lipinski definition) is 3. The normalized spacial score (nSPS) is 22.5. The van der Waals surface area contributed by atoms with Gasteiger partial charge in [-0.15, -0.1) is 0 Å². The number of rotatable bonds is 7. The number of anilines is 1. The van der Waals surface area contributed by atoms with Crippen molar-refractivity contribution in [1.82, 2.24) is 9.97 Å². The fourth-order valence-corrected chi connectivity index (χ4v) is 4.87. The molecule has 9 nitrogen and oxygen atoms in total. The average Bonchev–Trinajstić information content (AvgIpc) is 3.61. The van der Waals surface area contributed by atoms with E-state index in [1.165, 1.54) is 13.2 Å². The maximum Gasteiger partial charge on any atom is 0.250 e. The van der Waals surface area contributed by atoms with E-state index in [4.69, 9.17) is 18.9 Å². The van der Waals surface area contributed by atoms with Crippen LogP contribution in [0.2, 0.25) is 0 Å². The smallest absolute Gasteiger partial charge is 0.250 e. The molecule has 38 heavy (non-hydrogen) atoms. The van der Waals surface area contributed by atoms with Gasteiger partial charge in [0.2, 0.25) is 5.91 Å². The molecule has 0 aliphatic carbocycles. The third-order valence-corrected chi connectivity index (χ3v) is 6.73. The maximum atomic E-state index is 15.0. The van der Waals surface area contributed by atoms with E-state index in [1.54, 1.807) is 6.07 Å². The maximum absolute atomic E-state index is 15.0. The Morgan fingerprint density at radius 2 is 1.74 bits per heavy atom. The van der Waals surface area contributed by atoms with Gasteiger partial charge in [0.15, 0.2) is 17.8 Å². The van der Waals surface area contributed by atoms with E-state index in [9.17, 15) is 9.90 Å². The number of carbonyl (C=O) groups is 1. The van der Waals surface area contributed by atoms with Crippen LogP contribution in [0.1, 0.15) is 0 Å². The van der Waals surface area contributed by atoms with E-state index >= 15 is 4.39 Å². The van der Waals surface area contributed by atoms with Crippen molar-refractivity contribution in [1.29, 1.82) is 0 Å². The summed E-state index contributed by atoms with van der Waals surface area (Å²) in [6.45, 7) is 0.509. The fraction of sp³-hybridized carbons (Fsp3) is 0.286. The van der Waals surface area contributed by atoms with E-state index in [1.807, 2.05) is 48.5 Å². The summed E-state index contributed by atoms with van der Waals surface area (Å²) < 4.78 is 37.1. The van der Waals surface area contributed by atoms with Crippen molar-refractivity contribution in [3.05, 3.63) is 66.5 Å². The van der Waals surface area contributed by atoms with Gasteiger partial charge in [-0.1, -0.05) is 36.4 Å². The number of H-pyrrole nitrogens is 1. The van der Waals surface area contributed by atoms with Gasteiger partial charge in [0.05, 0.1) is 24.2 Å². The van der Waals surface area contributed by atoms with Gasteiger partial charge < -0.3 is 34.4 Å². The molecule has 10 heteroatoms. The number of pyridine rings is 1. The first kappa shape index (κ1) is 24.5. The summed E-state index contributed by atoms with van der Waals surface area (Å²) in [7, 11) is 1.47. The van der Waals surface area contributed by atoms with E-state index in [0.29, 0.717) is 34.8 Å². The molecule has 2 unspecified atom stereocenters. The summed E-state index contributed by atoms with van der Waals surface area (Å²) in [5.41, 5.74) is 4.52. The molecule has 2 aromatic heterocycles. The molecule has 4 atom stereocenters. The predicted molar refractivity (Wildman–Crippen MR) is 137 cm³/mol. The van der Waals surface area contributed by atoms with Crippen molar-refractivity contribution in [3.63, 3.8) is 0 Å². The largest absolute Gasteiger partial charge is 0.470 e. The Bertz CT molecular complexity index is 1460. The minimum Gasteiger partial charge on any atom is -0.470 e. The van der Waals surface area contributed by atoms with Crippen LogP contribution in [-0.2, 0) is 19.0 Å². The molecule has 2 fully saturated rings. The number of carbonyl (C=O) groups excluding carboxylic acids is 1. The summed E-state index contributed by atoms with van der Waals surface area (Å²) in [5, 5.41) is 12.7. The van der Waals surface area contributed by atoms with Gasteiger partial charge >= 0.3 is 0 Å². The third kappa shape index (κ3) is 4.74. The number of aliphatic hydroxyl groups excluding tert-OH is 1. The molecule has 0 bridgehead atoms. The van der Waals surface area contributed by atoms with Gasteiger partial charge in [0.25, 0.3) is 0 Å². The lowest BCUT2D eigenvalue weighted by Crippen LogP contribution is -2.34. The highest BCUT2D eigenvalue weighted by molar-refractivity contribution is 5.92. The predicted octanol–water partition coefficient (Wildman–Crippen LogP) is 3.53. The second-order valence-electron chi connectivity index (χ2n) is 9.34. The Labute approximate surface area is 217 Å². The van der Waals surface area contributed by atoms with Crippen LogP contribution in [0.3, 0.4) is 0 Å². The van der Waals surface area contributed by atoms with Crippen LogP contribution in [0.5, 0.6) is 5.88 Å². The van der Waals surface area contributed by atoms with Crippen LogP contribution < -0.4 is 10.1 Å². The van der Waals surface area contributed by atoms with Crippen LogP contribution in [0.15, 0.2) is 60.7 Å². The fourth-order valence-electron chi connectivity index (χ4n) is 4.87. The number of aromatic amines is 1. The van der Waals surface area contributed by atoms with Gasteiger partial charge in [0, 0.05) is 30.5 Å². The number of nitrogens with one attached hydrogen (secondary N) is 2. The van der Waals surface area contributed by atoms with E-state index in [-0.39, 0.29) is 37.0 Å². The van der Waals surface area contributed by atoms with Gasteiger partial charge in [-0.3, -0.25) is 4.79 Å². The van der Waals surface area contributed by atoms with Crippen molar-refractivity contribution in [2.75, 3.05) is 32.2 Å². The number of ether oxygens (including phenoxy) is 4. The zero-order valence-corrected chi connectivity index (χ0v) is 20.5. The number of halogens is 1. The van der Waals surface area contributed by atoms with Crippen molar-refractivity contribution in [2.24, 2.45) is 0 Å². The molecule has 0 spiro atoms. The molecule has 4 heterocycles. The molecular weight excluding hydrogens is 493 g/mol. The van der Waals surface area contributed by atoms with Gasteiger partial charge in [-0.25, -0.2) is 9.37 Å². The van der Waals surface area contributed by atoms with Crippen LogP contribution in [0, 0.1) is 5.82 Å². The van der Waals surface area contributed by atoms with E-state index < -0.39 is 18.0 Å². The number of nitrogens with zero attached hydrogens (tertiary/aromatic N) is 1. The summed E-state index contributed by atoms with van der Waals surface area (Å²) in [4.78, 5) is 19.3. The second kappa shape index (κ2) is 10.1. The van der Waals surface area contributed by atoms with Crippen LogP contribution in [-0.4, -0.2) is 72.3 Å². The zero-order chi connectivity index (χ0) is 26.2. The van der Waals surface area contributed by atoms with Crippen molar-refractivity contribution >= 4 is 22.6 Å². The summed E-state index contributed by atoms with van der Waals surface area (Å²) in [5.74, 6) is -0.247. The number of amides is 1. The molecule has 4 aromatic rings. The minimum atomic E-state index is -0.658. The molecule has 2 saturated heterocycles. The van der Waals surface area contributed by atoms with Crippen LogP contribution >= 0.6 is 0 Å². The lowest BCUT2D eigenvalue weighted by molar-refractivity contribution is -0.119. The topological polar surface area (TPSA) is 115 Å². The first-order valence-corrected chi connectivity index (χ1v) is 12.3. The first-order chi connectivity index (χ1) is 18.5. The van der Waals surface area contributed by atoms with E-state index in [0.717, 1.165) is 11.1 Å². The average molecular weight is 520 g/mol. The number of aliphatic hydroxyl groups is 1. The Balaban J connectivity index is 1.18. The van der Waals surface area contributed by atoms with Crippen LogP contribution in [0.4, 0.5) is 10.1 Å². The number of aromatic nitrogens is 2. The highest BCUT2D eigenvalue weighted by Crippen LogP contribution is 2.32. The number of methoxy groups -OCH3 is 1. The quantitative estimate of drug-likeness (QED) is 0.342. The number of fused-ring (bicyclic) bond motifs is 2. The number of hydrogen-bond acceptors (Lipinski definition) is 7. The standard InChI is InChI=1S/C28H26FN3O6/c1-35-14-24(34)30-18-8-6-16(7-9-18)15-2-4-17(5-3-15)26-19(29)10-20-21(32-26)11-25(31-20)38-23-13-37-27-22(33)12-36-28(23)27/h2-11,22-23,27-28,31,33H,12-14H2,1H3,(H,30,34)/t22-,23-,27?,28?/m1/s1. The summed E-state index contributed by atoms with van der Waals surface area (Å²) >= 11 is 0. The Kier molecular flexibility index (Phi) is 6.54. The molecular formula is C28H26FN3O6. The molecule has 3 N–H and O–H groups in total. The Morgan fingerprint density at radius 1 is 1.05 bits per heavy atom. The monoisotopic (exact) mass is 519 g/mol. The van der Waals surface area contributed by atoms with Gasteiger partial charge in [-0.05, 0) is 23.3 Å². The molecule has 0 radical (unpaired) electrons. The molecule has 1 amide bonds. The van der Waals surface area contributed by atoms with Crippen molar-refractivity contribution in [3.8, 4) is 28.3 Å². The SMILES string of the molecule is COCC(=O)Nc1ccc(-c2ccc(-c3nc4cc(O[C@@H]5COC6C5OC[C@H]6O)[nH]c4cc3F)cc2)cc1. The zero-order valence-electron chi connectivity index (χ0n) is 20.5. The molecule has 2 aliphatic heterocycles. The second-order valence-corrected chi connectivity index (χ2v) is 9.34. The van der Waals surface area contributed by atoms with Crippen molar-refractivity contribution < 1.29 is 33.2 Å².